The molecule has 0 atom stereocenters. The lowest BCUT2D eigenvalue weighted by atomic mass is 9.91. The summed E-state index contributed by atoms with van der Waals surface area (Å²) >= 11 is 0. The number of alkyl halides is 6. The second-order valence-electron chi connectivity index (χ2n) is 7.87. The predicted molar refractivity (Wildman–Crippen MR) is 124 cm³/mol. The van der Waals surface area contributed by atoms with Gasteiger partial charge >= 0.3 is 12.4 Å². The number of nitriles is 7. The highest BCUT2D eigenvalue weighted by Crippen LogP contribution is 2.32. The molecule has 1 aromatic carbocycles. The van der Waals surface area contributed by atoms with E-state index in [0.29, 0.717) is 24.5 Å². The fraction of sp³-hybridized carbons (Fsp3) is 0.0741. The predicted octanol–water partition coefficient (Wildman–Crippen LogP) is 3.32. The Kier molecular flexibility index (Phi) is 7.93. The van der Waals surface area contributed by atoms with Gasteiger partial charge in [-0.1, -0.05) is 0 Å². The minimum Gasteiger partial charge on any atom is -0.250 e. The van der Waals surface area contributed by atoms with E-state index in [2.05, 4.69) is 9.97 Å². The Hall–Kier alpha value is -6.73. The van der Waals surface area contributed by atoms with Crippen LogP contribution in [0.2, 0.25) is 0 Å². The summed E-state index contributed by atoms with van der Waals surface area (Å²) in [5.41, 5.74) is -8.89. The summed E-state index contributed by atoms with van der Waals surface area (Å²) in [5.74, 6) is 0. The van der Waals surface area contributed by atoms with Crippen LogP contribution in [-0.4, -0.2) is 9.97 Å². The molecule has 2 aromatic heterocycles. The number of hydrogen-bond acceptors (Lipinski definition) is 9. The van der Waals surface area contributed by atoms with Crippen molar-refractivity contribution in [2.24, 2.45) is 0 Å². The summed E-state index contributed by atoms with van der Waals surface area (Å²) < 4.78 is 79.3. The number of hydrogen-bond donors (Lipinski definition) is 0. The molecular weight excluding hydrogens is 564 g/mol. The molecule has 0 spiro atoms. The molecule has 200 valence electrons. The SMILES string of the molecule is N#C/C(c1cnc(C(F)(F)F)c(C#N)c1)=c1\cc(C#N)/c(=C(\C#N)c2cnc(C(F)(F)F)c(C#N)c2)c(C#N)c1C#N. The van der Waals surface area contributed by atoms with Crippen molar-refractivity contribution in [2.45, 2.75) is 12.4 Å². The average molecular weight is 569 g/mol. The van der Waals surface area contributed by atoms with E-state index in [1.807, 2.05) is 0 Å². The molecule has 0 bridgehead atoms. The number of nitrogens with zero attached hydrogens (tertiary/aromatic N) is 9. The van der Waals surface area contributed by atoms with Crippen LogP contribution >= 0.6 is 0 Å². The van der Waals surface area contributed by atoms with Crippen LogP contribution in [0.25, 0.3) is 11.1 Å². The van der Waals surface area contributed by atoms with Gasteiger partial charge in [0.15, 0.2) is 11.4 Å². The summed E-state index contributed by atoms with van der Waals surface area (Å²) in [4.78, 5) is 6.40. The second-order valence-corrected chi connectivity index (χ2v) is 7.87. The Labute approximate surface area is 230 Å². The zero-order chi connectivity index (χ0) is 31.4. The van der Waals surface area contributed by atoms with Crippen molar-refractivity contribution in [3.05, 3.63) is 91.4 Å². The van der Waals surface area contributed by atoms with Gasteiger partial charge in [0.1, 0.15) is 36.4 Å². The van der Waals surface area contributed by atoms with Gasteiger partial charge in [0, 0.05) is 34.0 Å². The van der Waals surface area contributed by atoms with Crippen LogP contribution in [0.3, 0.4) is 0 Å². The molecule has 0 fully saturated rings. The molecule has 42 heavy (non-hydrogen) atoms. The molecule has 0 saturated carbocycles. The molecule has 0 amide bonds. The third-order valence-corrected chi connectivity index (χ3v) is 5.55. The smallest absolute Gasteiger partial charge is 0.250 e. The molecule has 0 unspecified atom stereocenters. The topological polar surface area (TPSA) is 192 Å². The number of benzene rings is 1. The van der Waals surface area contributed by atoms with Gasteiger partial charge in [0.25, 0.3) is 0 Å². The highest BCUT2D eigenvalue weighted by Gasteiger charge is 2.37. The average Bonchev–Trinajstić information content (AvgIpc) is 2.96. The molecule has 0 aliphatic heterocycles. The molecular formula is C27H5F6N9. The Balaban J connectivity index is 2.58. The fourth-order valence-electron chi connectivity index (χ4n) is 3.83. The fourth-order valence-corrected chi connectivity index (χ4v) is 3.83. The second kappa shape index (κ2) is 11.2. The van der Waals surface area contributed by atoms with E-state index in [1.165, 1.54) is 12.1 Å². The lowest BCUT2D eigenvalue weighted by Gasteiger charge is -2.11. The first kappa shape index (κ1) is 29.8. The van der Waals surface area contributed by atoms with Gasteiger partial charge in [-0.15, -0.1) is 0 Å². The van der Waals surface area contributed by atoms with E-state index in [9.17, 15) is 63.2 Å². The van der Waals surface area contributed by atoms with E-state index in [1.54, 1.807) is 30.3 Å². The minimum atomic E-state index is -5.02. The third kappa shape index (κ3) is 5.25. The number of aromatic nitrogens is 2. The first-order chi connectivity index (χ1) is 19.8. The quantitative estimate of drug-likeness (QED) is 0.416. The highest BCUT2D eigenvalue weighted by atomic mass is 19.4. The van der Waals surface area contributed by atoms with E-state index in [4.69, 9.17) is 0 Å². The first-order valence-electron chi connectivity index (χ1n) is 10.7. The number of pyridine rings is 2. The first-order valence-corrected chi connectivity index (χ1v) is 10.7. The van der Waals surface area contributed by atoms with Gasteiger partial charge in [-0.25, -0.2) is 9.97 Å². The van der Waals surface area contributed by atoms with Crippen LogP contribution in [0, 0.1) is 79.3 Å². The van der Waals surface area contributed by atoms with E-state index >= 15 is 0 Å². The summed E-state index contributed by atoms with van der Waals surface area (Å²) in [6.07, 6.45) is -8.86. The molecule has 2 heterocycles. The summed E-state index contributed by atoms with van der Waals surface area (Å²) in [6.45, 7) is 0. The van der Waals surface area contributed by atoms with Gasteiger partial charge in [-0.3, -0.25) is 0 Å². The van der Waals surface area contributed by atoms with Crippen molar-refractivity contribution < 1.29 is 26.3 Å². The molecule has 3 aromatic rings. The van der Waals surface area contributed by atoms with Crippen molar-refractivity contribution in [1.29, 1.82) is 36.8 Å². The monoisotopic (exact) mass is 569 g/mol. The molecule has 3 rings (SSSR count). The largest absolute Gasteiger partial charge is 0.434 e. The maximum absolute atomic E-state index is 13.2. The van der Waals surface area contributed by atoms with Crippen LogP contribution in [0.15, 0.2) is 30.6 Å². The van der Waals surface area contributed by atoms with Crippen LogP contribution in [0.1, 0.15) is 50.3 Å². The Morgan fingerprint density at radius 1 is 0.548 bits per heavy atom. The van der Waals surface area contributed by atoms with Crippen LogP contribution in [-0.2, 0) is 12.4 Å². The Morgan fingerprint density at radius 3 is 1.33 bits per heavy atom. The van der Waals surface area contributed by atoms with E-state index < -0.39 is 78.7 Å². The van der Waals surface area contributed by atoms with Gasteiger partial charge in [-0.2, -0.15) is 63.2 Å². The molecule has 0 aliphatic rings. The lowest BCUT2D eigenvalue weighted by Crippen LogP contribution is -2.26. The minimum absolute atomic E-state index is 0.380. The molecule has 0 aliphatic carbocycles. The van der Waals surface area contributed by atoms with Crippen molar-refractivity contribution in [3.63, 3.8) is 0 Å². The zero-order valence-electron chi connectivity index (χ0n) is 20.2. The Morgan fingerprint density at radius 2 is 0.976 bits per heavy atom. The highest BCUT2D eigenvalue weighted by molar-refractivity contribution is 5.82. The van der Waals surface area contributed by atoms with Crippen molar-refractivity contribution in [2.75, 3.05) is 0 Å². The van der Waals surface area contributed by atoms with E-state index in [-0.39, 0.29) is 5.56 Å². The van der Waals surface area contributed by atoms with Crippen molar-refractivity contribution in [1.82, 2.24) is 9.97 Å². The summed E-state index contributed by atoms with van der Waals surface area (Å²) in [7, 11) is 0. The number of halogens is 6. The molecule has 0 radical (unpaired) electrons. The standard InChI is InChI=1S/C27H5F6N9/c28-26(29,30)24-14(5-35)1-16(11-41-24)19(7-37)18-3-13(4-34)23(22(10-40)21(18)9-39)20(8-38)17-2-15(6-36)25(42-12-17)27(31,32)33/h1-3,11-12H/b19-18-,23-20-. The van der Waals surface area contributed by atoms with Gasteiger partial charge in [-0.05, 0) is 18.2 Å². The van der Waals surface area contributed by atoms with Crippen molar-refractivity contribution >= 4 is 11.1 Å². The van der Waals surface area contributed by atoms with Crippen LogP contribution in [0.5, 0.6) is 0 Å². The van der Waals surface area contributed by atoms with Crippen LogP contribution in [0.4, 0.5) is 26.3 Å². The summed E-state index contributed by atoms with van der Waals surface area (Å²) in [6, 6.07) is 13.0. The van der Waals surface area contributed by atoms with Gasteiger partial charge in [0.2, 0.25) is 0 Å². The molecule has 9 nitrogen and oxygen atoms in total. The van der Waals surface area contributed by atoms with Gasteiger partial charge in [0.05, 0.1) is 45.0 Å². The van der Waals surface area contributed by atoms with Crippen molar-refractivity contribution in [3.8, 4) is 42.5 Å². The maximum atomic E-state index is 13.2. The third-order valence-electron chi connectivity index (χ3n) is 5.55. The molecule has 15 heteroatoms. The zero-order valence-corrected chi connectivity index (χ0v) is 20.2. The normalized spacial score (nSPS) is 12.2. The summed E-state index contributed by atoms with van der Waals surface area (Å²) in [5, 5.41) is 66.8. The van der Waals surface area contributed by atoms with Gasteiger partial charge < -0.3 is 0 Å². The maximum Gasteiger partial charge on any atom is 0.434 e. The number of rotatable bonds is 2. The molecule has 0 saturated heterocycles. The van der Waals surface area contributed by atoms with Crippen LogP contribution < -0.4 is 10.4 Å². The Bertz CT molecular complexity index is 2100. The van der Waals surface area contributed by atoms with E-state index in [0.717, 1.165) is 6.07 Å². The lowest BCUT2D eigenvalue weighted by molar-refractivity contribution is -0.142. The molecule has 0 N–H and O–H groups in total.